The molecule has 1 saturated heterocycles. The molecule has 0 atom stereocenters. The predicted molar refractivity (Wildman–Crippen MR) is 113 cm³/mol. The molecule has 2 aromatic rings. The van der Waals surface area contributed by atoms with E-state index in [1.54, 1.807) is 4.90 Å². The van der Waals surface area contributed by atoms with E-state index in [2.05, 4.69) is 40.4 Å². The highest BCUT2D eigenvalue weighted by atomic mass is 16.5. The van der Waals surface area contributed by atoms with Crippen LogP contribution in [0.1, 0.15) is 38.2 Å². The van der Waals surface area contributed by atoms with Crippen LogP contribution in [0, 0.1) is 0 Å². The summed E-state index contributed by atoms with van der Waals surface area (Å²) in [7, 11) is 1.52. The summed E-state index contributed by atoms with van der Waals surface area (Å²) in [6.07, 6.45) is 9.06. The third kappa shape index (κ3) is 6.20. The largest absolute Gasteiger partial charge is 0.494 e. The van der Waals surface area contributed by atoms with E-state index in [-0.39, 0.29) is 6.03 Å². The SMILES string of the molecule is CCCCOc1cccc(C=C2CCN(C(=O)Nc3cnc(OC)cn3)CC2)c1. The molecule has 1 aliphatic heterocycles. The van der Waals surface area contributed by atoms with Crippen LogP contribution in [0.4, 0.5) is 10.6 Å². The van der Waals surface area contributed by atoms with Gasteiger partial charge in [0.2, 0.25) is 5.88 Å². The zero-order chi connectivity index (χ0) is 20.5. The lowest BCUT2D eigenvalue weighted by Crippen LogP contribution is -2.39. The van der Waals surface area contributed by atoms with Gasteiger partial charge in [-0.25, -0.2) is 14.8 Å². The first-order valence-electron chi connectivity index (χ1n) is 10.0. The smallest absolute Gasteiger partial charge is 0.323 e. The quantitative estimate of drug-likeness (QED) is 0.703. The molecule has 0 spiro atoms. The van der Waals surface area contributed by atoms with E-state index < -0.39 is 0 Å². The van der Waals surface area contributed by atoms with Crippen LogP contribution < -0.4 is 14.8 Å². The van der Waals surface area contributed by atoms with Crippen molar-refractivity contribution >= 4 is 17.9 Å². The van der Waals surface area contributed by atoms with Gasteiger partial charge in [-0.1, -0.05) is 37.1 Å². The first-order valence-corrected chi connectivity index (χ1v) is 10.0. The van der Waals surface area contributed by atoms with Crippen molar-refractivity contribution in [2.45, 2.75) is 32.6 Å². The van der Waals surface area contributed by atoms with Gasteiger partial charge in [0, 0.05) is 13.1 Å². The summed E-state index contributed by atoms with van der Waals surface area (Å²) in [5.41, 5.74) is 2.48. The van der Waals surface area contributed by atoms with E-state index in [1.165, 1.54) is 25.1 Å². The number of amides is 2. The van der Waals surface area contributed by atoms with Gasteiger partial charge in [-0.15, -0.1) is 0 Å². The number of ether oxygens (including phenoxy) is 2. The molecular formula is C22H28N4O3. The summed E-state index contributed by atoms with van der Waals surface area (Å²) in [5.74, 6) is 1.73. The van der Waals surface area contributed by atoms with Crippen LogP contribution in [0.5, 0.6) is 11.6 Å². The highest BCUT2D eigenvalue weighted by Crippen LogP contribution is 2.22. The minimum Gasteiger partial charge on any atom is -0.494 e. The number of hydrogen-bond acceptors (Lipinski definition) is 5. The number of nitrogens with zero attached hydrogens (tertiary/aromatic N) is 3. The topological polar surface area (TPSA) is 76.6 Å². The Morgan fingerprint density at radius 1 is 1.24 bits per heavy atom. The predicted octanol–water partition coefficient (Wildman–Crippen LogP) is 4.38. The van der Waals surface area contributed by atoms with Gasteiger partial charge < -0.3 is 14.4 Å². The third-order valence-electron chi connectivity index (χ3n) is 4.76. The number of carbonyl (C=O) groups excluding carboxylic acids is 1. The first kappa shape index (κ1) is 20.6. The molecular weight excluding hydrogens is 368 g/mol. The van der Waals surface area contributed by atoms with Crippen LogP contribution >= 0.6 is 0 Å². The van der Waals surface area contributed by atoms with Crippen LogP contribution in [-0.4, -0.2) is 47.7 Å². The fraction of sp³-hybridized carbons (Fsp3) is 0.409. The number of piperidine rings is 1. The second kappa shape index (κ2) is 10.5. The van der Waals surface area contributed by atoms with Crippen LogP contribution in [0.25, 0.3) is 6.08 Å². The van der Waals surface area contributed by atoms with Crippen molar-refractivity contribution in [1.29, 1.82) is 0 Å². The molecule has 3 rings (SSSR count). The number of methoxy groups -OCH3 is 1. The normalized spacial score (nSPS) is 13.7. The van der Waals surface area contributed by atoms with E-state index in [9.17, 15) is 4.79 Å². The fourth-order valence-corrected chi connectivity index (χ4v) is 3.08. The molecule has 154 valence electrons. The summed E-state index contributed by atoms with van der Waals surface area (Å²) in [6, 6.07) is 8.01. The first-order chi connectivity index (χ1) is 14.2. The Morgan fingerprint density at radius 3 is 2.76 bits per heavy atom. The maximum Gasteiger partial charge on any atom is 0.323 e. The van der Waals surface area contributed by atoms with Crippen LogP contribution in [0.2, 0.25) is 0 Å². The summed E-state index contributed by atoms with van der Waals surface area (Å²) in [5, 5.41) is 2.78. The molecule has 1 aliphatic rings. The number of anilines is 1. The molecule has 2 amide bonds. The maximum atomic E-state index is 12.4. The Morgan fingerprint density at radius 2 is 2.07 bits per heavy atom. The standard InChI is InChI=1S/C22H28N4O3/c1-3-4-12-29-19-7-5-6-18(14-19)13-17-8-10-26(11-9-17)22(27)25-20-15-24-21(28-2)16-23-20/h5-7,13-16H,3-4,8-12H2,1-2H3,(H,23,25,27). The summed E-state index contributed by atoms with van der Waals surface area (Å²) < 4.78 is 10.8. The van der Waals surface area contributed by atoms with Crippen LogP contribution in [-0.2, 0) is 0 Å². The number of hydrogen-bond donors (Lipinski definition) is 1. The number of nitrogens with one attached hydrogen (secondary N) is 1. The molecule has 1 fully saturated rings. The Balaban J connectivity index is 1.51. The monoisotopic (exact) mass is 396 g/mol. The Hall–Kier alpha value is -3.09. The van der Waals surface area contributed by atoms with Crippen molar-refractivity contribution < 1.29 is 14.3 Å². The number of urea groups is 1. The minimum atomic E-state index is -0.158. The zero-order valence-corrected chi connectivity index (χ0v) is 17.1. The average molecular weight is 396 g/mol. The lowest BCUT2D eigenvalue weighted by atomic mass is 10.0. The lowest BCUT2D eigenvalue weighted by molar-refractivity contribution is 0.207. The highest BCUT2D eigenvalue weighted by molar-refractivity contribution is 5.88. The van der Waals surface area contributed by atoms with Gasteiger partial charge in [0.25, 0.3) is 0 Å². The number of carbonyl (C=O) groups is 1. The van der Waals surface area contributed by atoms with Crippen molar-refractivity contribution in [2.24, 2.45) is 0 Å². The molecule has 0 bridgehead atoms. The number of aromatic nitrogens is 2. The second-order valence-electron chi connectivity index (χ2n) is 6.94. The molecule has 0 aliphatic carbocycles. The van der Waals surface area contributed by atoms with Crippen molar-refractivity contribution in [3.05, 3.63) is 47.8 Å². The van der Waals surface area contributed by atoms with E-state index in [1.807, 2.05) is 12.1 Å². The lowest BCUT2D eigenvalue weighted by Gasteiger charge is -2.28. The van der Waals surface area contributed by atoms with Crippen molar-refractivity contribution in [3.8, 4) is 11.6 Å². The van der Waals surface area contributed by atoms with Crippen molar-refractivity contribution in [2.75, 3.05) is 32.1 Å². The Labute approximate surface area is 171 Å². The number of likely N-dealkylation sites (tertiary alicyclic amines) is 1. The maximum absolute atomic E-state index is 12.4. The van der Waals surface area contributed by atoms with Gasteiger partial charge in [-0.2, -0.15) is 0 Å². The fourth-order valence-electron chi connectivity index (χ4n) is 3.08. The van der Waals surface area contributed by atoms with Gasteiger partial charge in [0.1, 0.15) is 5.75 Å². The number of benzene rings is 1. The van der Waals surface area contributed by atoms with Crippen molar-refractivity contribution in [1.82, 2.24) is 14.9 Å². The molecule has 0 saturated carbocycles. The summed E-state index contributed by atoms with van der Waals surface area (Å²) >= 11 is 0. The molecule has 0 radical (unpaired) electrons. The molecule has 7 nitrogen and oxygen atoms in total. The third-order valence-corrected chi connectivity index (χ3v) is 4.76. The number of unbranched alkanes of at least 4 members (excludes halogenated alkanes) is 1. The molecule has 1 N–H and O–H groups in total. The second-order valence-corrected chi connectivity index (χ2v) is 6.94. The van der Waals surface area contributed by atoms with Gasteiger partial charge >= 0.3 is 6.03 Å². The van der Waals surface area contributed by atoms with E-state index in [4.69, 9.17) is 9.47 Å². The molecule has 2 heterocycles. The number of rotatable bonds is 7. The molecule has 0 unspecified atom stereocenters. The summed E-state index contributed by atoms with van der Waals surface area (Å²) in [6.45, 7) is 4.25. The van der Waals surface area contributed by atoms with Crippen LogP contribution in [0.3, 0.4) is 0 Å². The van der Waals surface area contributed by atoms with Gasteiger partial charge in [0.05, 0.1) is 26.1 Å². The van der Waals surface area contributed by atoms with E-state index >= 15 is 0 Å². The van der Waals surface area contributed by atoms with Crippen molar-refractivity contribution in [3.63, 3.8) is 0 Å². The molecule has 29 heavy (non-hydrogen) atoms. The highest BCUT2D eigenvalue weighted by Gasteiger charge is 2.19. The van der Waals surface area contributed by atoms with Gasteiger partial charge in [-0.05, 0) is 37.0 Å². The summed E-state index contributed by atoms with van der Waals surface area (Å²) in [4.78, 5) is 22.4. The Kier molecular flexibility index (Phi) is 7.44. The van der Waals surface area contributed by atoms with Crippen LogP contribution in [0.15, 0.2) is 42.2 Å². The Bertz CT molecular complexity index is 826. The zero-order valence-electron chi connectivity index (χ0n) is 17.1. The van der Waals surface area contributed by atoms with Gasteiger partial charge in [-0.3, -0.25) is 5.32 Å². The molecule has 7 heteroatoms. The minimum absolute atomic E-state index is 0.158. The molecule has 1 aromatic carbocycles. The van der Waals surface area contributed by atoms with Gasteiger partial charge in [0.15, 0.2) is 5.82 Å². The molecule has 1 aromatic heterocycles. The van der Waals surface area contributed by atoms with E-state index in [0.717, 1.165) is 43.6 Å². The van der Waals surface area contributed by atoms with E-state index in [0.29, 0.717) is 24.8 Å². The average Bonchev–Trinajstić information content (AvgIpc) is 2.75.